The minimum absolute atomic E-state index is 0.0657. The Hall–Kier alpha value is -2.05. The smallest absolute Gasteiger partial charge is 0.244 e. The summed E-state index contributed by atoms with van der Waals surface area (Å²) in [6, 6.07) is 0. The van der Waals surface area contributed by atoms with Crippen molar-refractivity contribution in [3.8, 4) is 0 Å². The number of nitrogens with zero attached hydrogens (tertiary/aromatic N) is 3. The van der Waals surface area contributed by atoms with Crippen LogP contribution in [0.2, 0.25) is 0 Å². The van der Waals surface area contributed by atoms with Crippen molar-refractivity contribution < 1.29 is 9.59 Å². The highest BCUT2D eigenvalue weighted by molar-refractivity contribution is 5.80. The predicted octanol–water partition coefficient (Wildman–Crippen LogP) is -0.811. The molecule has 7 heteroatoms. The van der Waals surface area contributed by atoms with Crippen LogP contribution in [-0.2, 0) is 16.1 Å². The zero-order chi connectivity index (χ0) is 13.1. The predicted molar refractivity (Wildman–Crippen MR) is 65.1 cm³/mol. The monoisotopic (exact) mass is 251 g/mol. The highest BCUT2D eigenvalue weighted by atomic mass is 16.2. The summed E-state index contributed by atoms with van der Waals surface area (Å²) in [5.74, 6) is -0.634. The largest absolute Gasteiger partial charge is 0.396 e. The number of hydrogen-bond acceptors (Lipinski definition) is 4. The molecule has 7 nitrogen and oxygen atoms in total. The van der Waals surface area contributed by atoms with Gasteiger partial charge in [-0.3, -0.25) is 14.3 Å². The first-order chi connectivity index (χ1) is 8.56. The third-order valence-corrected chi connectivity index (χ3v) is 3.13. The van der Waals surface area contributed by atoms with Gasteiger partial charge in [0.1, 0.15) is 6.54 Å². The molecule has 1 unspecified atom stereocenters. The average molecular weight is 251 g/mol. The lowest BCUT2D eigenvalue weighted by Gasteiger charge is -2.31. The molecule has 1 aliphatic heterocycles. The number of rotatable bonds is 3. The molecule has 2 amide bonds. The van der Waals surface area contributed by atoms with Crippen molar-refractivity contribution in [2.75, 3.05) is 18.8 Å². The first-order valence-corrected chi connectivity index (χ1v) is 5.91. The Kier molecular flexibility index (Phi) is 3.50. The van der Waals surface area contributed by atoms with Gasteiger partial charge in [-0.15, -0.1) is 0 Å². The summed E-state index contributed by atoms with van der Waals surface area (Å²) in [6.07, 6.45) is 4.66. The lowest BCUT2D eigenvalue weighted by atomic mass is 9.97. The van der Waals surface area contributed by atoms with E-state index in [9.17, 15) is 9.59 Å². The standard InChI is InChI=1S/C11H17N5O2/c12-9-4-14-16(6-9)7-10(17)15-3-1-2-8(5-15)11(13)18/h4,6,8H,1-3,5,7,12H2,(H2,13,18). The van der Waals surface area contributed by atoms with Crippen molar-refractivity contribution in [1.29, 1.82) is 0 Å². The molecule has 1 aromatic rings. The fourth-order valence-corrected chi connectivity index (χ4v) is 2.14. The minimum Gasteiger partial charge on any atom is -0.396 e. The molecule has 0 saturated carbocycles. The third-order valence-electron chi connectivity index (χ3n) is 3.13. The molecule has 1 aromatic heterocycles. The number of nitrogens with two attached hydrogens (primary N) is 2. The molecule has 18 heavy (non-hydrogen) atoms. The van der Waals surface area contributed by atoms with E-state index >= 15 is 0 Å². The van der Waals surface area contributed by atoms with E-state index in [0.717, 1.165) is 12.8 Å². The highest BCUT2D eigenvalue weighted by Gasteiger charge is 2.26. The van der Waals surface area contributed by atoms with Gasteiger partial charge in [0.15, 0.2) is 0 Å². The van der Waals surface area contributed by atoms with Crippen molar-refractivity contribution in [1.82, 2.24) is 14.7 Å². The molecule has 0 radical (unpaired) electrons. The normalized spacial score (nSPS) is 19.8. The maximum atomic E-state index is 12.0. The fourth-order valence-electron chi connectivity index (χ4n) is 2.14. The van der Waals surface area contributed by atoms with Crippen LogP contribution < -0.4 is 11.5 Å². The number of likely N-dealkylation sites (tertiary alicyclic amines) is 1. The van der Waals surface area contributed by atoms with E-state index in [4.69, 9.17) is 11.5 Å². The Balaban J connectivity index is 1.94. The maximum Gasteiger partial charge on any atom is 0.244 e. The first kappa shape index (κ1) is 12.4. The van der Waals surface area contributed by atoms with Gasteiger partial charge in [-0.1, -0.05) is 0 Å². The van der Waals surface area contributed by atoms with Gasteiger partial charge in [0.2, 0.25) is 11.8 Å². The van der Waals surface area contributed by atoms with Gasteiger partial charge in [-0.2, -0.15) is 5.10 Å². The van der Waals surface area contributed by atoms with Gasteiger partial charge in [0.05, 0.1) is 17.8 Å². The number of carbonyl (C=O) groups is 2. The van der Waals surface area contributed by atoms with E-state index in [-0.39, 0.29) is 24.3 Å². The molecule has 0 aromatic carbocycles. The SMILES string of the molecule is NC(=O)C1CCCN(C(=O)Cn2cc(N)cn2)C1. The van der Waals surface area contributed by atoms with E-state index in [1.54, 1.807) is 11.1 Å². The van der Waals surface area contributed by atoms with Crippen LogP contribution in [0.4, 0.5) is 5.69 Å². The van der Waals surface area contributed by atoms with Crippen LogP contribution >= 0.6 is 0 Å². The molecular weight excluding hydrogens is 234 g/mol. The number of piperidine rings is 1. The van der Waals surface area contributed by atoms with Crippen molar-refractivity contribution in [3.63, 3.8) is 0 Å². The number of amides is 2. The first-order valence-electron chi connectivity index (χ1n) is 5.91. The molecule has 98 valence electrons. The third kappa shape index (κ3) is 2.79. The topological polar surface area (TPSA) is 107 Å². The summed E-state index contributed by atoms with van der Waals surface area (Å²) in [4.78, 5) is 24.8. The number of nitrogen functional groups attached to an aromatic ring is 1. The lowest BCUT2D eigenvalue weighted by Crippen LogP contribution is -2.45. The van der Waals surface area contributed by atoms with E-state index in [1.165, 1.54) is 10.9 Å². The lowest BCUT2D eigenvalue weighted by molar-refractivity contribution is -0.135. The average Bonchev–Trinajstić information content (AvgIpc) is 2.75. The molecule has 0 spiro atoms. The fraction of sp³-hybridized carbons (Fsp3) is 0.545. The summed E-state index contributed by atoms with van der Waals surface area (Å²) in [6.45, 7) is 1.22. The number of carbonyl (C=O) groups excluding carboxylic acids is 2. The van der Waals surface area contributed by atoms with Crippen molar-refractivity contribution in [2.24, 2.45) is 11.7 Å². The van der Waals surface area contributed by atoms with Gasteiger partial charge in [0.25, 0.3) is 0 Å². The molecule has 1 atom stereocenters. The van der Waals surface area contributed by atoms with Crippen molar-refractivity contribution >= 4 is 17.5 Å². The molecule has 1 saturated heterocycles. The molecule has 2 rings (SSSR count). The number of hydrogen-bond donors (Lipinski definition) is 2. The van der Waals surface area contributed by atoms with Crippen LogP contribution in [0.25, 0.3) is 0 Å². The molecule has 0 aliphatic carbocycles. The quantitative estimate of drug-likeness (QED) is 0.732. The molecule has 1 fully saturated rings. The summed E-state index contributed by atoms with van der Waals surface area (Å²) < 4.78 is 1.49. The second-order valence-electron chi connectivity index (χ2n) is 4.55. The summed E-state index contributed by atoms with van der Waals surface area (Å²) in [5.41, 5.74) is 11.3. The Morgan fingerprint density at radius 2 is 2.28 bits per heavy atom. The number of aromatic nitrogens is 2. The van der Waals surface area contributed by atoms with E-state index in [0.29, 0.717) is 18.8 Å². The van der Waals surface area contributed by atoms with Crippen LogP contribution in [-0.4, -0.2) is 39.6 Å². The Morgan fingerprint density at radius 1 is 1.50 bits per heavy atom. The van der Waals surface area contributed by atoms with Crippen LogP contribution in [0.15, 0.2) is 12.4 Å². The van der Waals surface area contributed by atoms with Gasteiger partial charge >= 0.3 is 0 Å². The Labute approximate surface area is 105 Å². The maximum absolute atomic E-state index is 12.0. The van der Waals surface area contributed by atoms with Crippen LogP contribution in [0.1, 0.15) is 12.8 Å². The summed E-state index contributed by atoms with van der Waals surface area (Å²) in [5, 5.41) is 3.96. The number of anilines is 1. The zero-order valence-corrected chi connectivity index (χ0v) is 10.1. The van der Waals surface area contributed by atoms with Gasteiger partial charge in [-0.05, 0) is 12.8 Å². The molecule has 4 N–H and O–H groups in total. The highest BCUT2D eigenvalue weighted by Crippen LogP contribution is 2.16. The Morgan fingerprint density at radius 3 is 2.89 bits per heavy atom. The molecule has 2 heterocycles. The zero-order valence-electron chi connectivity index (χ0n) is 10.1. The van der Waals surface area contributed by atoms with Crippen molar-refractivity contribution in [2.45, 2.75) is 19.4 Å². The number of primary amides is 1. The van der Waals surface area contributed by atoms with Gasteiger partial charge in [-0.25, -0.2) is 0 Å². The van der Waals surface area contributed by atoms with Gasteiger partial charge in [0, 0.05) is 19.3 Å². The second kappa shape index (κ2) is 5.07. The van der Waals surface area contributed by atoms with Crippen LogP contribution in [0.3, 0.4) is 0 Å². The van der Waals surface area contributed by atoms with E-state index in [1.807, 2.05) is 0 Å². The molecule has 1 aliphatic rings. The molecular formula is C11H17N5O2. The van der Waals surface area contributed by atoms with E-state index < -0.39 is 0 Å². The summed E-state index contributed by atoms with van der Waals surface area (Å²) in [7, 11) is 0. The minimum atomic E-state index is -0.337. The second-order valence-corrected chi connectivity index (χ2v) is 4.55. The molecule has 0 bridgehead atoms. The van der Waals surface area contributed by atoms with Gasteiger partial charge < -0.3 is 16.4 Å². The van der Waals surface area contributed by atoms with Crippen molar-refractivity contribution in [3.05, 3.63) is 12.4 Å². The summed E-state index contributed by atoms with van der Waals surface area (Å²) >= 11 is 0. The van der Waals surface area contributed by atoms with Crippen LogP contribution in [0, 0.1) is 5.92 Å². The van der Waals surface area contributed by atoms with E-state index in [2.05, 4.69) is 5.10 Å². The van der Waals surface area contributed by atoms with Crippen LogP contribution in [0.5, 0.6) is 0 Å². The Bertz CT molecular complexity index is 456.